The molecule has 0 atom stereocenters. The van der Waals surface area contributed by atoms with E-state index >= 15 is 0 Å². The van der Waals surface area contributed by atoms with Crippen LogP contribution in [0, 0.1) is 0 Å². The molecule has 0 saturated heterocycles. The summed E-state index contributed by atoms with van der Waals surface area (Å²) in [5.41, 5.74) is 1.32. The molecule has 0 saturated carbocycles. The van der Waals surface area contributed by atoms with Gasteiger partial charge in [0, 0.05) is 20.5 Å². The number of anilines is 1. The van der Waals surface area contributed by atoms with Crippen molar-refractivity contribution in [3.63, 3.8) is 0 Å². The van der Waals surface area contributed by atoms with E-state index in [2.05, 4.69) is 39.7 Å². The quantitative estimate of drug-likeness (QED) is 0.845. The van der Waals surface area contributed by atoms with Gasteiger partial charge >= 0.3 is 0 Å². The maximum Gasteiger partial charge on any atom is 0.220 e. The standard InChI is InChI=1S/C12H16N4/c1-13-12-14-11(15-16(12)2)9-8-10-6-4-3-5-7-10/h3-7H,8-9H2,1-2H3,(H,13,14,15). The van der Waals surface area contributed by atoms with Gasteiger partial charge in [0.25, 0.3) is 0 Å². The molecule has 1 aromatic heterocycles. The van der Waals surface area contributed by atoms with Crippen molar-refractivity contribution in [2.75, 3.05) is 12.4 Å². The maximum absolute atomic E-state index is 4.38. The summed E-state index contributed by atoms with van der Waals surface area (Å²) in [4.78, 5) is 4.38. The minimum absolute atomic E-state index is 0.808. The molecule has 1 heterocycles. The molecule has 84 valence electrons. The summed E-state index contributed by atoms with van der Waals surface area (Å²) in [5.74, 6) is 1.69. The Hall–Kier alpha value is -1.84. The van der Waals surface area contributed by atoms with E-state index in [0.29, 0.717) is 0 Å². The fourth-order valence-electron chi connectivity index (χ4n) is 1.66. The molecule has 0 radical (unpaired) electrons. The number of aromatic nitrogens is 3. The fourth-order valence-corrected chi connectivity index (χ4v) is 1.66. The summed E-state index contributed by atoms with van der Waals surface area (Å²) < 4.78 is 1.76. The van der Waals surface area contributed by atoms with Crippen LogP contribution in [0.4, 0.5) is 5.95 Å². The van der Waals surface area contributed by atoms with Crippen molar-refractivity contribution in [3.05, 3.63) is 41.7 Å². The smallest absolute Gasteiger partial charge is 0.220 e. The summed E-state index contributed by atoms with van der Waals surface area (Å²) >= 11 is 0. The summed E-state index contributed by atoms with van der Waals surface area (Å²) in [7, 11) is 3.75. The number of rotatable bonds is 4. The Morgan fingerprint density at radius 1 is 1.19 bits per heavy atom. The highest BCUT2D eigenvalue weighted by molar-refractivity contribution is 5.23. The van der Waals surface area contributed by atoms with Crippen LogP contribution in [-0.4, -0.2) is 21.8 Å². The van der Waals surface area contributed by atoms with Crippen LogP contribution in [0.25, 0.3) is 0 Å². The second kappa shape index (κ2) is 4.79. The summed E-state index contributed by atoms with van der Waals surface area (Å²) in [6, 6.07) is 10.4. The van der Waals surface area contributed by atoms with E-state index in [-0.39, 0.29) is 0 Å². The first kappa shape index (κ1) is 10.7. The number of nitrogens with one attached hydrogen (secondary N) is 1. The third kappa shape index (κ3) is 2.39. The number of benzene rings is 1. The zero-order valence-electron chi connectivity index (χ0n) is 9.64. The van der Waals surface area contributed by atoms with E-state index in [1.807, 2.05) is 20.2 Å². The van der Waals surface area contributed by atoms with Crippen molar-refractivity contribution in [2.45, 2.75) is 12.8 Å². The Balaban J connectivity index is 2.00. The molecular weight excluding hydrogens is 200 g/mol. The molecule has 0 fully saturated rings. The van der Waals surface area contributed by atoms with Gasteiger partial charge < -0.3 is 5.32 Å². The van der Waals surface area contributed by atoms with Gasteiger partial charge in [-0.25, -0.2) is 4.68 Å². The van der Waals surface area contributed by atoms with Crippen LogP contribution in [0.5, 0.6) is 0 Å². The molecule has 2 aromatic rings. The molecule has 0 bridgehead atoms. The summed E-state index contributed by atoms with van der Waals surface area (Å²) in [6.07, 6.45) is 1.85. The van der Waals surface area contributed by atoms with Gasteiger partial charge in [-0.3, -0.25) is 0 Å². The lowest BCUT2D eigenvalue weighted by Gasteiger charge is -1.96. The molecule has 4 nitrogen and oxygen atoms in total. The van der Waals surface area contributed by atoms with Crippen LogP contribution >= 0.6 is 0 Å². The molecule has 0 amide bonds. The highest BCUT2D eigenvalue weighted by Gasteiger charge is 2.05. The molecule has 0 unspecified atom stereocenters. The first-order chi connectivity index (χ1) is 7.79. The fraction of sp³-hybridized carbons (Fsp3) is 0.333. The lowest BCUT2D eigenvalue weighted by molar-refractivity contribution is 0.741. The summed E-state index contributed by atoms with van der Waals surface area (Å²) in [5, 5.41) is 7.34. The Labute approximate surface area is 95.3 Å². The minimum atomic E-state index is 0.808. The second-order valence-electron chi connectivity index (χ2n) is 3.71. The van der Waals surface area contributed by atoms with Crippen LogP contribution in [-0.2, 0) is 19.9 Å². The van der Waals surface area contributed by atoms with Crippen LogP contribution in [0.2, 0.25) is 0 Å². The highest BCUT2D eigenvalue weighted by Crippen LogP contribution is 2.06. The zero-order chi connectivity index (χ0) is 11.4. The topological polar surface area (TPSA) is 42.7 Å². The predicted octanol–water partition coefficient (Wildman–Crippen LogP) is 1.64. The number of hydrogen-bond donors (Lipinski definition) is 1. The van der Waals surface area contributed by atoms with Crippen LogP contribution in [0.1, 0.15) is 11.4 Å². The van der Waals surface area contributed by atoms with E-state index in [9.17, 15) is 0 Å². The van der Waals surface area contributed by atoms with E-state index in [1.54, 1.807) is 4.68 Å². The third-order valence-electron chi connectivity index (χ3n) is 2.51. The molecule has 0 aliphatic rings. The Bertz CT molecular complexity index is 447. The maximum atomic E-state index is 4.38. The van der Waals surface area contributed by atoms with E-state index in [0.717, 1.165) is 24.6 Å². The van der Waals surface area contributed by atoms with Gasteiger partial charge in [-0.1, -0.05) is 30.3 Å². The van der Waals surface area contributed by atoms with Gasteiger partial charge in [0.1, 0.15) is 0 Å². The van der Waals surface area contributed by atoms with Crippen LogP contribution in [0.15, 0.2) is 30.3 Å². The highest BCUT2D eigenvalue weighted by atomic mass is 15.4. The molecule has 16 heavy (non-hydrogen) atoms. The van der Waals surface area contributed by atoms with Gasteiger partial charge in [-0.15, -0.1) is 0 Å². The zero-order valence-corrected chi connectivity index (χ0v) is 9.64. The first-order valence-electron chi connectivity index (χ1n) is 5.41. The minimum Gasteiger partial charge on any atom is -0.358 e. The van der Waals surface area contributed by atoms with E-state index in [4.69, 9.17) is 0 Å². The largest absolute Gasteiger partial charge is 0.358 e. The van der Waals surface area contributed by atoms with Gasteiger partial charge in [0.15, 0.2) is 5.82 Å². The average molecular weight is 216 g/mol. The molecule has 0 aliphatic heterocycles. The van der Waals surface area contributed by atoms with Crippen LogP contribution in [0.3, 0.4) is 0 Å². The van der Waals surface area contributed by atoms with E-state index < -0.39 is 0 Å². The first-order valence-corrected chi connectivity index (χ1v) is 5.41. The number of nitrogens with zero attached hydrogens (tertiary/aromatic N) is 3. The monoisotopic (exact) mass is 216 g/mol. The molecule has 4 heteroatoms. The van der Waals surface area contributed by atoms with Crippen molar-refractivity contribution in [2.24, 2.45) is 7.05 Å². The molecule has 1 N–H and O–H groups in total. The summed E-state index contributed by atoms with van der Waals surface area (Å²) in [6.45, 7) is 0. The van der Waals surface area contributed by atoms with Crippen molar-refractivity contribution in [1.29, 1.82) is 0 Å². The Morgan fingerprint density at radius 3 is 2.56 bits per heavy atom. The molecule has 2 rings (SSSR count). The van der Waals surface area contributed by atoms with Gasteiger partial charge in [0.05, 0.1) is 0 Å². The van der Waals surface area contributed by atoms with Crippen molar-refractivity contribution in [3.8, 4) is 0 Å². The van der Waals surface area contributed by atoms with E-state index in [1.165, 1.54) is 5.56 Å². The van der Waals surface area contributed by atoms with Gasteiger partial charge in [-0.05, 0) is 12.0 Å². The van der Waals surface area contributed by atoms with Gasteiger partial charge in [-0.2, -0.15) is 10.1 Å². The third-order valence-corrected chi connectivity index (χ3v) is 2.51. The van der Waals surface area contributed by atoms with Crippen LogP contribution < -0.4 is 5.32 Å². The lowest BCUT2D eigenvalue weighted by atomic mass is 10.1. The molecular formula is C12H16N4. The molecule has 0 aliphatic carbocycles. The second-order valence-corrected chi connectivity index (χ2v) is 3.71. The predicted molar refractivity (Wildman–Crippen MR) is 64.4 cm³/mol. The Kier molecular flexibility index (Phi) is 3.19. The normalized spacial score (nSPS) is 10.4. The van der Waals surface area contributed by atoms with Crippen molar-refractivity contribution >= 4 is 5.95 Å². The van der Waals surface area contributed by atoms with Crippen molar-refractivity contribution < 1.29 is 0 Å². The Morgan fingerprint density at radius 2 is 1.94 bits per heavy atom. The SMILES string of the molecule is CNc1nc(CCc2ccccc2)nn1C. The molecule has 0 spiro atoms. The number of aryl methyl sites for hydroxylation is 3. The lowest BCUT2D eigenvalue weighted by Crippen LogP contribution is -1.99. The number of hydrogen-bond acceptors (Lipinski definition) is 3. The van der Waals surface area contributed by atoms with Crippen molar-refractivity contribution in [1.82, 2.24) is 14.8 Å². The van der Waals surface area contributed by atoms with Gasteiger partial charge in [0.2, 0.25) is 5.95 Å². The average Bonchev–Trinajstić information content (AvgIpc) is 2.69. The molecule has 1 aromatic carbocycles.